The zero-order chi connectivity index (χ0) is 19.2. The molecule has 0 bridgehead atoms. The summed E-state index contributed by atoms with van der Waals surface area (Å²) in [5.41, 5.74) is 3.34. The van der Waals surface area contributed by atoms with Gasteiger partial charge in [0.25, 0.3) is 0 Å². The molecule has 3 rings (SSSR count). The van der Waals surface area contributed by atoms with Crippen molar-refractivity contribution in [1.29, 1.82) is 0 Å². The fourth-order valence-electron chi connectivity index (χ4n) is 2.54. The van der Waals surface area contributed by atoms with E-state index in [9.17, 15) is 9.90 Å². The minimum atomic E-state index is -1.05. The van der Waals surface area contributed by atoms with Crippen molar-refractivity contribution in [3.8, 4) is 5.75 Å². The summed E-state index contributed by atoms with van der Waals surface area (Å²) in [6, 6.07) is 20.0. The van der Waals surface area contributed by atoms with Crippen LogP contribution in [0.25, 0.3) is 0 Å². The van der Waals surface area contributed by atoms with Gasteiger partial charge < -0.3 is 9.84 Å². The number of rotatable bonds is 6. The molecule has 0 fully saturated rings. The molecule has 0 aliphatic carbocycles. The summed E-state index contributed by atoms with van der Waals surface area (Å²) in [6.07, 6.45) is 1.62. The largest absolute Gasteiger partial charge is 0.488 e. The Balaban J connectivity index is 1.82. The van der Waals surface area contributed by atoms with Crippen molar-refractivity contribution >= 4 is 29.5 Å². The fraction of sp³-hybridized carbons (Fsp3) is 0.0909. The highest BCUT2D eigenvalue weighted by Crippen LogP contribution is 2.26. The second-order valence-electron chi connectivity index (χ2n) is 5.98. The van der Waals surface area contributed by atoms with Gasteiger partial charge in [-0.25, -0.2) is 4.79 Å². The second kappa shape index (κ2) is 8.52. The maximum absolute atomic E-state index is 11.6. The van der Waals surface area contributed by atoms with Gasteiger partial charge in [0.15, 0.2) is 0 Å². The number of ether oxygens (including phenoxy) is 1. The Morgan fingerprint density at radius 1 is 1.11 bits per heavy atom. The third-order valence-electron chi connectivity index (χ3n) is 4.06. The van der Waals surface area contributed by atoms with E-state index in [4.69, 9.17) is 16.3 Å². The van der Waals surface area contributed by atoms with Crippen LogP contribution in [0.1, 0.15) is 27.0 Å². The summed E-state index contributed by atoms with van der Waals surface area (Å²) in [5.74, 6) is -0.727. The van der Waals surface area contributed by atoms with E-state index in [1.165, 1.54) is 0 Å². The topological polar surface area (TPSA) is 58.9 Å². The summed E-state index contributed by atoms with van der Waals surface area (Å²) in [4.78, 5) is 16.0. The number of aliphatic imine (C=N–C) groups is 1. The van der Waals surface area contributed by atoms with E-state index in [1.807, 2.05) is 49.4 Å². The molecule has 0 heterocycles. The molecule has 0 atom stereocenters. The number of halogens is 1. The van der Waals surface area contributed by atoms with Crippen molar-refractivity contribution in [2.75, 3.05) is 0 Å². The third kappa shape index (κ3) is 4.74. The van der Waals surface area contributed by atoms with Crippen LogP contribution >= 0.6 is 11.6 Å². The molecule has 0 amide bonds. The predicted octanol–water partition coefficient (Wildman–Crippen LogP) is 5.68. The van der Waals surface area contributed by atoms with Gasteiger partial charge in [-0.15, -0.1) is 0 Å². The van der Waals surface area contributed by atoms with Gasteiger partial charge in [-0.2, -0.15) is 0 Å². The van der Waals surface area contributed by atoms with Crippen molar-refractivity contribution in [3.05, 3.63) is 94.0 Å². The van der Waals surface area contributed by atoms with Crippen LogP contribution < -0.4 is 4.74 Å². The van der Waals surface area contributed by atoms with Gasteiger partial charge in [0, 0.05) is 11.2 Å². The Morgan fingerprint density at radius 3 is 2.63 bits per heavy atom. The highest BCUT2D eigenvalue weighted by atomic mass is 35.5. The first kappa shape index (κ1) is 18.7. The lowest BCUT2D eigenvalue weighted by molar-refractivity contribution is 0.0691. The molecular weight excluding hydrogens is 362 g/mol. The summed E-state index contributed by atoms with van der Waals surface area (Å²) < 4.78 is 5.69. The normalized spacial score (nSPS) is 10.9. The molecule has 4 nitrogen and oxygen atoms in total. The van der Waals surface area contributed by atoms with E-state index in [0.717, 1.165) is 16.8 Å². The predicted molar refractivity (Wildman–Crippen MR) is 108 cm³/mol. The van der Waals surface area contributed by atoms with E-state index in [0.29, 0.717) is 22.9 Å². The molecule has 0 aliphatic heterocycles. The van der Waals surface area contributed by atoms with Crippen LogP contribution in [-0.2, 0) is 6.61 Å². The first-order valence-corrected chi connectivity index (χ1v) is 8.75. The van der Waals surface area contributed by atoms with Crippen LogP contribution in [-0.4, -0.2) is 17.3 Å². The van der Waals surface area contributed by atoms with Crippen molar-refractivity contribution in [1.82, 2.24) is 0 Å². The summed E-state index contributed by atoms with van der Waals surface area (Å²) >= 11 is 6.10. The molecule has 5 heteroatoms. The molecule has 0 saturated carbocycles. The Labute approximate surface area is 162 Å². The minimum Gasteiger partial charge on any atom is -0.488 e. The maximum Gasteiger partial charge on any atom is 0.339 e. The molecule has 0 saturated heterocycles. The van der Waals surface area contributed by atoms with Crippen molar-refractivity contribution in [2.45, 2.75) is 13.5 Å². The highest BCUT2D eigenvalue weighted by molar-refractivity contribution is 6.31. The lowest BCUT2D eigenvalue weighted by atomic mass is 10.1. The molecule has 3 aromatic rings. The number of aromatic carboxylic acids is 1. The Morgan fingerprint density at radius 2 is 1.89 bits per heavy atom. The average molecular weight is 380 g/mol. The van der Waals surface area contributed by atoms with Gasteiger partial charge >= 0.3 is 5.97 Å². The molecule has 0 unspecified atom stereocenters. The monoisotopic (exact) mass is 379 g/mol. The van der Waals surface area contributed by atoms with Crippen molar-refractivity contribution in [2.24, 2.45) is 4.99 Å². The fourth-order valence-corrected chi connectivity index (χ4v) is 2.71. The molecule has 3 aromatic carbocycles. The first-order chi connectivity index (χ1) is 13.0. The molecule has 0 aromatic heterocycles. The van der Waals surface area contributed by atoms with E-state index < -0.39 is 5.97 Å². The number of hydrogen-bond acceptors (Lipinski definition) is 3. The number of hydrogen-bond donors (Lipinski definition) is 1. The number of carboxylic acids is 1. The third-order valence-corrected chi connectivity index (χ3v) is 4.47. The first-order valence-electron chi connectivity index (χ1n) is 8.38. The Kier molecular flexibility index (Phi) is 5.89. The number of benzene rings is 3. The van der Waals surface area contributed by atoms with Crippen LogP contribution in [0, 0.1) is 6.92 Å². The van der Waals surface area contributed by atoms with Crippen LogP contribution in [0.3, 0.4) is 0 Å². The molecule has 1 N–H and O–H groups in total. The SMILES string of the molecule is Cc1c(Cl)cccc1N=Cc1ccc(OCc2ccccc2)c(C(=O)O)c1. The standard InChI is InChI=1S/C22H18ClNO3/c1-15-19(23)8-5-9-20(15)24-13-17-10-11-21(18(12-17)22(25)26)27-14-16-6-3-2-4-7-16/h2-13H,14H2,1H3,(H,25,26). The lowest BCUT2D eigenvalue weighted by Gasteiger charge is -2.10. The van der Waals surface area contributed by atoms with E-state index in [-0.39, 0.29) is 5.56 Å². The summed E-state index contributed by atoms with van der Waals surface area (Å²) in [6.45, 7) is 2.19. The van der Waals surface area contributed by atoms with Gasteiger partial charge in [0.1, 0.15) is 17.9 Å². The van der Waals surface area contributed by atoms with Crippen LogP contribution in [0.15, 0.2) is 71.7 Å². The second-order valence-corrected chi connectivity index (χ2v) is 6.38. The average Bonchev–Trinajstić information content (AvgIpc) is 2.68. The quantitative estimate of drug-likeness (QED) is 0.561. The molecule has 136 valence electrons. The number of nitrogens with zero attached hydrogens (tertiary/aromatic N) is 1. The highest BCUT2D eigenvalue weighted by Gasteiger charge is 2.12. The number of carboxylic acid groups (broad SMARTS) is 1. The smallest absolute Gasteiger partial charge is 0.339 e. The van der Waals surface area contributed by atoms with E-state index >= 15 is 0 Å². The lowest BCUT2D eigenvalue weighted by Crippen LogP contribution is -2.04. The van der Waals surface area contributed by atoms with Crippen molar-refractivity contribution < 1.29 is 14.6 Å². The van der Waals surface area contributed by atoms with E-state index in [1.54, 1.807) is 30.5 Å². The molecule has 0 spiro atoms. The zero-order valence-electron chi connectivity index (χ0n) is 14.7. The van der Waals surface area contributed by atoms with Gasteiger partial charge in [0.05, 0.1) is 5.69 Å². The molecule has 0 aliphatic rings. The Hall–Kier alpha value is -3.11. The summed E-state index contributed by atoms with van der Waals surface area (Å²) in [7, 11) is 0. The molecule has 0 radical (unpaired) electrons. The Bertz CT molecular complexity index is 984. The van der Waals surface area contributed by atoms with Crippen LogP contribution in [0.5, 0.6) is 5.75 Å². The van der Waals surface area contributed by atoms with Crippen LogP contribution in [0.4, 0.5) is 5.69 Å². The van der Waals surface area contributed by atoms with Gasteiger partial charge in [-0.05, 0) is 53.9 Å². The number of carbonyl (C=O) groups is 1. The minimum absolute atomic E-state index is 0.0951. The van der Waals surface area contributed by atoms with E-state index in [2.05, 4.69) is 4.99 Å². The van der Waals surface area contributed by atoms with Crippen molar-refractivity contribution in [3.63, 3.8) is 0 Å². The maximum atomic E-state index is 11.6. The summed E-state index contributed by atoms with van der Waals surface area (Å²) in [5, 5.41) is 10.2. The van der Waals surface area contributed by atoms with Crippen LogP contribution in [0.2, 0.25) is 5.02 Å². The van der Waals surface area contributed by atoms with Gasteiger partial charge in [0.2, 0.25) is 0 Å². The molecule has 27 heavy (non-hydrogen) atoms. The van der Waals surface area contributed by atoms with Gasteiger partial charge in [-0.1, -0.05) is 48.0 Å². The molecular formula is C22H18ClNO3. The zero-order valence-corrected chi connectivity index (χ0v) is 15.5. The van der Waals surface area contributed by atoms with Gasteiger partial charge in [-0.3, -0.25) is 4.99 Å².